The summed E-state index contributed by atoms with van der Waals surface area (Å²) >= 11 is 0. The minimum atomic E-state index is -0.157. The molecule has 0 unspecified atom stereocenters. The van der Waals surface area contributed by atoms with Crippen LogP contribution in [0.15, 0.2) is 0 Å². The zero-order valence-corrected chi connectivity index (χ0v) is 18.3. The quantitative estimate of drug-likeness (QED) is 0.636. The molecule has 2 heterocycles. The second-order valence-corrected chi connectivity index (χ2v) is 11.3. The molecule has 0 aliphatic carbocycles. The summed E-state index contributed by atoms with van der Waals surface area (Å²) in [6.07, 6.45) is 0. The molecule has 0 aromatic carbocycles. The first kappa shape index (κ1) is 19.9. The van der Waals surface area contributed by atoms with Gasteiger partial charge in [0.05, 0.1) is 11.2 Å². The predicted octanol–water partition coefficient (Wildman–Crippen LogP) is 5.47. The van der Waals surface area contributed by atoms with Crippen LogP contribution in [-0.4, -0.2) is 20.0 Å². The van der Waals surface area contributed by atoms with Gasteiger partial charge in [-0.15, -0.1) is 5.10 Å². The van der Waals surface area contributed by atoms with Crippen molar-refractivity contribution in [2.45, 2.75) is 105 Å². The van der Waals surface area contributed by atoms with E-state index in [1.54, 1.807) is 0 Å². The Balaban J connectivity index is 3.14. The summed E-state index contributed by atoms with van der Waals surface area (Å²) in [5.41, 5.74) is 5.34. The Morgan fingerprint density at radius 3 is 1.48 bits per heavy atom. The third kappa shape index (κ3) is 3.58. The summed E-state index contributed by atoms with van der Waals surface area (Å²) < 4.78 is 1.97. The molecule has 25 heavy (non-hydrogen) atoms. The van der Waals surface area contributed by atoms with E-state index < -0.39 is 0 Å². The standard InChI is InChI=1S/C21H36N4/c1-18(2,3)13-14(19(4,5)6)16(20(7,8)9)22-17-15(13)23-24-25(17)21(10,11)12/h1-12H3. The summed E-state index contributed by atoms with van der Waals surface area (Å²) in [7, 11) is 0. The number of aromatic nitrogens is 4. The minimum Gasteiger partial charge on any atom is -0.231 e. The molecule has 0 saturated carbocycles. The van der Waals surface area contributed by atoms with Crippen LogP contribution in [0.25, 0.3) is 11.2 Å². The van der Waals surface area contributed by atoms with E-state index in [0.717, 1.165) is 16.9 Å². The molecule has 2 rings (SSSR count). The molecular formula is C21H36N4. The zero-order chi connectivity index (χ0) is 19.6. The molecule has 140 valence electrons. The van der Waals surface area contributed by atoms with Crippen molar-refractivity contribution in [3.8, 4) is 0 Å². The van der Waals surface area contributed by atoms with Gasteiger partial charge in [0.1, 0.15) is 5.52 Å². The summed E-state index contributed by atoms with van der Waals surface area (Å²) in [4.78, 5) is 5.15. The smallest absolute Gasteiger partial charge is 0.179 e. The van der Waals surface area contributed by atoms with Crippen molar-refractivity contribution < 1.29 is 0 Å². The highest BCUT2D eigenvalue weighted by molar-refractivity contribution is 5.79. The largest absolute Gasteiger partial charge is 0.231 e. The molecule has 0 radical (unpaired) electrons. The van der Waals surface area contributed by atoms with Crippen LogP contribution < -0.4 is 0 Å². The molecule has 0 N–H and O–H groups in total. The maximum Gasteiger partial charge on any atom is 0.179 e. The van der Waals surface area contributed by atoms with Gasteiger partial charge in [-0.3, -0.25) is 0 Å². The highest BCUT2D eigenvalue weighted by Crippen LogP contribution is 2.43. The van der Waals surface area contributed by atoms with Gasteiger partial charge in [0.15, 0.2) is 5.65 Å². The number of hydrogen-bond donors (Lipinski definition) is 0. The third-order valence-corrected chi connectivity index (χ3v) is 4.43. The normalized spacial score (nSPS) is 14.4. The van der Waals surface area contributed by atoms with Crippen LogP contribution in [0.4, 0.5) is 0 Å². The lowest BCUT2D eigenvalue weighted by Gasteiger charge is -2.35. The molecule has 0 spiro atoms. The summed E-state index contributed by atoms with van der Waals surface area (Å²) in [5, 5.41) is 9.09. The molecule has 0 bridgehead atoms. The van der Waals surface area contributed by atoms with Crippen molar-refractivity contribution in [1.82, 2.24) is 20.0 Å². The molecule has 0 fully saturated rings. The van der Waals surface area contributed by atoms with Crippen molar-refractivity contribution in [2.24, 2.45) is 0 Å². The Labute approximate surface area is 153 Å². The van der Waals surface area contributed by atoms with Crippen molar-refractivity contribution in [2.75, 3.05) is 0 Å². The molecule has 4 heteroatoms. The summed E-state index contributed by atoms with van der Waals surface area (Å²) in [6.45, 7) is 26.8. The highest BCUT2D eigenvalue weighted by Gasteiger charge is 2.37. The second-order valence-electron chi connectivity index (χ2n) is 11.3. The van der Waals surface area contributed by atoms with E-state index in [1.807, 2.05) is 4.68 Å². The molecule has 4 nitrogen and oxygen atoms in total. The van der Waals surface area contributed by atoms with Crippen LogP contribution in [0.2, 0.25) is 0 Å². The van der Waals surface area contributed by atoms with Crippen molar-refractivity contribution >= 4 is 11.2 Å². The maximum absolute atomic E-state index is 5.15. The van der Waals surface area contributed by atoms with E-state index >= 15 is 0 Å². The number of fused-ring (bicyclic) bond motifs is 1. The van der Waals surface area contributed by atoms with Crippen LogP contribution in [0.3, 0.4) is 0 Å². The fourth-order valence-electron chi connectivity index (χ4n) is 3.39. The van der Waals surface area contributed by atoms with E-state index in [9.17, 15) is 0 Å². The molecule has 0 aliphatic heterocycles. The lowest BCUT2D eigenvalue weighted by molar-refractivity contribution is 0.355. The van der Waals surface area contributed by atoms with Gasteiger partial charge in [-0.2, -0.15) is 0 Å². The van der Waals surface area contributed by atoms with Crippen LogP contribution in [0.5, 0.6) is 0 Å². The first-order valence-electron chi connectivity index (χ1n) is 9.27. The minimum absolute atomic E-state index is 0.0159. The Kier molecular flexibility index (Phi) is 4.39. The van der Waals surface area contributed by atoms with E-state index in [4.69, 9.17) is 4.98 Å². The van der Waals surface area contributed by atoms with Gasteiger partial charge in [0.2, 0.25) is 0 Å². The molecule has 0 aliphatic rings. The third-order valence-electron chi connectivity index (χ3n) is 4.43. The van der Waals surface area contributed by atoms with Crippen LogP contribution >= 0.6 is 0 Å². The zero-order valence-electron chi connectivity index (χ0n) is 18.3. The average Bonchev–Trinajstić information content (AvgIpc) is 2.75. The molecule has 2 aromatic heterocycles. The fraction of sp³-hybridized carbons (Fsp3) is 0.762. The molecule has 0 amide bonds. The molecular weight excluding hydrogens is 308 g/mol. The lowest BCUT2D eigenvalue weighted by Crippen LogP contribution is -2.30. The number of hydrogen-bond acceptors (Lipinski definition) is 3. The second kappa shape index (κ2) is 5.52. The number of rotatable bonds is 0. The Morgan fingerprint density at radius 1 is 0.640 bits per heavy atom. The van der Waals surface area contributed by atoms with Gasteiger partial charge in [0.25, 0.3) is 0 Å². The highest BCUT2D eigenvalue weighted by atomic mass is 15.5. The van der Waals surface area contributed by atoms with Crippen LogP contribution in [-0.2, 0) is 21.8 Å². The van der Waals surface area contributed by atoms with E-state index in [2.05, 4.69) is 93.4 Å². The van der Waals surface area contributed by atoms with Gasteiger partial charge in [0, 0.05) is 5.41 Å². The SMILES string of the molecule is CC(C)(C)c1nc2c(nnn2C(C)(C)C)c(C(C)(C)C)c1C(C)(C)C. The summed E-state index contributed by atoms with van der Waals surface area (Å²) in [6, 6.07) is 0. The predicted molar refractivity (Wildman–Crippen MR) is 106 cm³/mol. The fourth-order valence-corrected chi connectivity index (χ4v) is 3.39. The van der Waals surface area contributed by atoms with Gasteiger partial charge >= 0.3 is 0 Å². The van der Waals surface area contributed by atoms with E-state index in [1.165, 1.54) is 11.1 Å². The van der Waals surface area contributed by atoms with Gasteiger partial charge in [-0.25, -0.2) is 9.67 Å². The number of pyridine rings is 1. The van der Waals surface area contributed by atoms with E-state index in [0.29, 0.717) is 0 Å². The Hall–Kier alpha value is -1.45. The van der Waals surface area contributed by atoms with Gasteiger partial charge < -0.3 is 0 Å². The molecule has 2 aromatic rings. The van der Waals surface area contributed by atoms with Crippen LogP contribution in [0.1, 0.15) is 99.9 Å². The summed E-state index contributed by atoms with van der Waals surface area (Å²) in [5.74, 6) is 0. The maximum atomic E-state index is 5.15. The van der Waals surface area contributed by atoms with Crippen molar-refractivity contribution in [1.29, 1.82) is 0 Å². The van der Waals surface area contributed by atoms with Gasteiger partial charge in [-0.1, -0.05) is 67.5 Å². The first-order valence-corrected chi connectivity index (χ1v) is 9.27. The molecule has 0 atom stereocenters. The van der Waals surface area contributed by atoms with Crippen molar-refractivity contribution in [3.05, 3.63) is 16.8 Å². The molecule has 0 saturated heterocycles. The topological polar surface area (TPSA) is 43.6 Å². The van der Waals surface area contributed by atoms with E-state index in [-0.39, 0.29) is 21.8 Å². The Bertz CT molecular complexity index is 785. The Morgan fingerprint density at radius 2 is 1.12 bits per heavy atom. The van der Waals surface area contributed by atoms with Crippen molar-refractivity contribution in [3.63, 3.8) is 0 Å². The number of nitrogens with zero attached hydrogens (tertiary/aromatic N) is 4. The first-order chi connectivity index (χ1) is 11.0. The van der Waals surface area contributed by atoms with Crippen LogP contribution in [0, 0.1) is 0 Å². The monoisotopic (exact) mass is 344 g/mol. The average molecular weight is 345 g/mol. The van der Waals surface area contributed by atoms with Gasteiger partial charge in [-0.05, 0) is 42.7 Å². The lowest BCUT2D eigenvalue weighted by atomic mass is 9.70.